The van der Waals surface area contributed by atoms with E-state index in [1.54, 1.807) is 31.4 Å². The quantitative estimate of drug-likeness (QED) is 0.606. The molecule has 2 aromatic carbocycles. The minimum absolute atomic E-state index is 0.121. The van der Waals surface area contributed by atoms with E-state index in [0.29, 0.717) is 18.8 Å². The molecule has 33 heavy (non-hydrogen) atoms. The number of methoxy groups -OCH3 is 1. The van der Waals surface area contributed by atoms with Gasteiger partial charge in [0.1, 0.15) is 41.3 Å². The van der Waals surface area contributed by atoms with Crippen molar-refractivity contribution in [3.8, 4) is 23.0 Å². The molecule has 7 heteroatoms. The van der Waals surface area contributed by atoms with Gasteiger partial charge in [-0.1, -0.05) is 6.92 Å². The zero-order chi connectivity index (χ0) is 23.6. The highest BCUT2D eigenvalue weighted by atomic mass is 16.6. The highest BCUT2D eigenvalue weighted by Gasteiger charge is 2.52. The summed E-state index contributed by atoms with van der Waals surface area (Å²) < 4.78 is 29.7. The second-order valence-electron chi connectivity index (χ2n) is 9.12. The minimum atomic E-state index is -0.890. The summed E-state index contributed by atoms with van der Waals surface area (Å²) in [6.07, 6.45) is 0.430. The van der Waals surface area contributed by atoms with Gasteiger partial charge >= 0.3 is 5.97 Å². The average Bonchev–Trinajstić information content (AvgIpc) is 2.81. The van der Waals surface area contributed by atoms with Crippen molar-refractivity contribution in [1.29, 1.82) is 0 Å². The first-order chi connectivity index (χ1) is 15.8. The fourth-order valence-electron chi connectivity index (χ4n) is 4.64. The van der Waals surface area contributed by atoms with Crippen molar-refractivity contribution < 1.29 is 33.6 Å². The maximum absolute atomic E-state index is 12.2. The molecule has 0 aromatic heterocycles. The molecular weight excluding hydrogens is 424 g/mol. The molecule has 1 N–H and O–H groups in total. The van der Waals surface area contributed by atoms with E-state index in [-0.39, 0.29) is 18.6 Å². The number of ether oxygens (including phenoxy) is 5. The van der Waals surface area contributed by atoms with Crippen LogP contribution in [-0.4, -0.2) is 43.1 Å². The van der Waals surface area contributed by atoms with E-state index < -0.39 is 23.6 Å². The van der Waals surface area contributed by atoms with Gasteiger partial charge in [0.15, 0.2) is 0 Å². The van der Waals surface area contributed by atoms with Crippen LogP contribution >= 0.6 is 0 Å². The Morgan fingerprint density at radius 2 is 1.79 bits per heavy atom. The van der Waals surface area contributed by atoms with Crippen LogP contribution in [0, 0.1) is 11.8 Å². The van der Waals surface area contributed by atoms with Crippen LogP contribution in [0.4, 0.5) is 0 Å². The number of hydrogen-bond donors (Lipinski definition) is 1. The predicted molar refractivity (Wildman–Crippen MR) is 122 cm³/mol. The Kier molecular flexibility index (Phi) is 6.70. The fraction of sp³-hybridized carbons (Fsp3) is 0.500. The van der Waals surface area contributed by atoms with Crippen molar-refractivity contribution in [2.24, 2.45) is 11.8 Å². The van der Waals surface area contributed by atoms with Crippen molar-refractivity contribution in [2.45, 2.75) is 51.4 Å². The Labute approximate surface area is 194 Å². The van der Waals surface area contributed by atoms with Crippen LogP contribution in [0.15, 0.2) is 42.5 Å². The summed E-state index contributed by atoms with van der Waals surface area (Å²) >= 11 is 0. The summed E-state index contributed by atoms with van der Waals surface area (Å²) in [6.45, 7) is 6.80. The molecule has 1 saturated heterocycles. The number of carboxylic acids is 1. The van der Waals surface area contributed by atoms with Crippen LogP contribution in [0.25, 0.3) is 0 Å². The number of hydrogen-bond acceptors (Lipinski definition) is 6. The van der Waals surface area contributed by atoms with E-state index in [0.717, 1.165) is 29.2 Å². The van der Waals surface area contributed by atoms with Gasteiger partial charge < -0.3 is 28.8 Å². The molecule has 7 nitrogen and oxygen atoms in total. The number of benzene rings is 2. The first kappa shape index (κ1) is 23.2. The molecule has 0 unspecified atom stereocenters. The monoisotopic (exact) mass is 456 g/mol. The van der Waals surface area contributed by atoms with Crippen LogP contribution < -0.4 is 18.9 Å². The van der Waals surface area contributed by atoms with E-state index in [1.807, 2.05) is 32.0 Å². The molecule has 0 aliphatic carbocycles. The van der Waals surface area contributed by atoms with Gasteiger partial charge in [0.25, 0.3) is 0 Å². The Hall–Kier alpha value is -2.93. The molecule has 2 aliphatic heterocycles. The largest absolute Gasteiger partial charge is 0.497 e. The van der Waals surface area contributed by atoms with Crippen molar-refractivity contribution >= 4 is 5.97 Å². The van der Waals surface area contributed by atoms with Gasteiger partial charge in [0, 0.05) is 11.5 Å². The normalized spacial score (nSPS) is 25.2. The predicted octanol–water partition coefficient (Wildman–Crippen LogP) is 4.88. The van der Waals surface area contributed by atoms with E-state index in [4.69, 9.17) is 23.7 Å². The smallest absolute Gasteiger partial charge is 0.309 e. The van der Waals surface area contributed by atoms with Crippen LogP contribution in [0.2, 0.25) is 0 Å². The topological polar surface area (TPSA) is 83.5 Å². The molecule has 178 valence electrons. The Morgan fingerprint density at radius 1 is 1.09 bits per heavy atom. The summed E-state index contributed by atoms with van der Waals surface area (Å²) in [5, 5.41) is 9.96. The van der Waals surface area contributed by atoms with Gasteiger partial charge in [0.2, 0.25) is 0 Å². The summed E-state index contributed by atoms with van der Waals surface area (Å²) in [6, 6.07) is 13.0. The summed E-state index contributed by atoms with van der Waals surface area (Å²) in [7, 11) is 1.60. The molecule has 0 spiro atoms. The molecule has 0 bridgehead atoms. The Balaban J connectivity index is 1.59. The van der Waals surface area contributed by atoms with E-state index >= 15 is 0 Å². The lowest BCUT2D eigenvalue weighted by molar-refractivity contribution is -0.192. The standard InChI is InChI=1S/C26H32O7/c1-5-12-30-18-10-11-22-19(13-18)24-21(26(2,3)33-22)14-20(25(27)28)23(32-24)15-31-17-8-6-16(29-4)7-9-17/h6-11,13,20-21,23-24H,5,12,14-15H2,1-4H3,(H,27,28)/t20-,21-,23-,24+/m0/s1. The molecule has 2 aliphatic rings. The zero-order valence-electron chi connectivity index (χ0n) is 19.6. The van der Waals surface area contributed by atoms with E-state index in [9.17, 15) is 9.90 Å². The van der Waals surface area contributed by atoms with Crippen molar-refractivity contribution in [3.63, 3.8) is 0 Å². The molecular formula is C26H32O7. The fourth-order valence-corrected chi connectivity index (χ4v) is 4.64. The van der Waals surface area contributed by atoms with Gasteiger partial charge in [-0.05, 0) is 69.2 Å². The van der Waals surface area contributed by atoms with Gasteiger partial charge in [-0.15, -0.1) is 0 Å². The molecule has 0 radical (unpaired) electrons. The third kappa shape index (κ3) is 4.88. The Morgan fingerprint density at radius 3 is 2.45 bits per heavy atom. The highest BCUT2D eigenvalue weighted by Crippen LogP contribution is 2.52. The Bertz CT molecular complexity index is 969. The van der Waals surface area contributed by atoms with E-state index in [1.165, 1.54) is 0 Å². The first-order valence-corrected chi connectivity index (χ1v) is 11.4. The maximum Gasteiger partial charge on any atom is 0.309 e. The molecule has 4 atom stereocenters. The number of fused-ring (bicyclic) bond motifs is 3. The van der Waals surface area contributed by atoms with Crippen molar-refractivity contribution in [1.82, 2.24) is 0 Å². The van der Waals surface area contributed by atoms with Crippen molar-refractivity contribution in [3.05, 3.63) is 48.0 Å². The van der Waals surface area contributed by atoms with Crippen LogP contribution in [0.1, 0.15) is 45.3 Å². The zero-order valence-corrected chi connectivity index (χ0v) is 19.6. The number of carbonyl (C=O) groups is 1. The van der Waals surface area contributed by atoms with Gasteiger partial charge in [-0.3, -0.25) is 4.79 Å². The summed E-state index contributed by atoms with van der Waals surface area (Å²) in [5.41, 5.74) is 0.324. The second-order valence-corrected chi connectivity index (χ2v) is 9.12. The van der Waals surface area contributed by atoms with Gasteiger partial charge in [-0.2, -0.15) is 0 Å². The van der Waals surface area contributed by atoms with Crippen molar-refractivity contribution in [2.75, 3.05) is 20.3 Å². The average molecular weight is 457 g/mol. The summed E-state index contributed by atoms with van der Waals surface area (Å²) in [4.78, 5) is 12.2. The van der Waals surface area contributed by atoms with E-state index in [2.05, 4.69) is 6.92 Å². The van der Waals surface area contributed by atoms with Gasteiger partial charge in [0.05, 0.1) is 25.7 Å². The number of carboxylic acid groups (broad SMARTS) is 1. The molecule has 2 heterocycles. The number of rotatable bonds is 8. The first-order valence-electron chi connectivity index (χ1n) is 11.4. The summed E-state index contributed by atoms with van der Waals surface area (Å²) in [5.74, 6) is 1.15. The molecule has 1 fully saturated rings. The third-order valence-corrected chi connectivity index (χ3v) is 6.46. The van der Waals surface area contributed by atoms with Crippen LogP contribution in [-0.2, 0) is 9.53 Å². The third-order valence-electron chi connectivity index (χ3n) is 6.46. The lowest BCUT2D eigenvalue weighted by atomic mass is 9.72. The molecule has 4 rings (SSSR count). The van der Waals surface area contributed by atoms with Gasteiger partial charge in [-0.25, -0.2) is 0 Å². The van der Waals surface area contributed by atoms with Crippen LogP contribution in [0.5, 0.6) is 23.0 Å². The maximum atomic E-state index is 12.2. The minimum Gasteiger partial charge on any atom is -0.497 e. The lowest BCUT2D eigenvalue weighted by Crippen LogP contribution is -2.53. The number of aliphatic carboxylic acids is 1. The molecule has 2 aromatic rings. The molecule has 0 saturated carbocycles. The highest BCUT2D eigenvalue weighted by molar-refractivity contribution is 5.71. The molecule has 0 amide bonds. The second kappa shape index (κ2) is 9.51. The van der Waals surface area contributed by atoms with Crippen LogP contribution in [0.3, 0.4) is 0 Å². The SMILES string of the molecule is CCCOc1ccc2c(c1)[C@H]1O[C@@H](COc3ccc(OC)cc3)[C@@H](C(=O)O)C[C@@H]1C(C)(C)O2. The lowest BCUT2D eigenvalue weighted by Gasteiger charge is -2.50.